The summed E-state index contributed by atoms with van der Waals surface area (Å²) in [4.78, 5) is 20.8. The molecule has 0 atom stereocenters. The van der Waals surface area contributed by atoms with Gasteiger partial charge >= 0.3 is 5.97 Å². The van der Waals surface area contributed by atoms with Gasteiger partial charge < -0.3 is 14.4 Å². The second kappa shape index (κ2) is 6.98. The Balaban J connectivity index is 1.90. The summed E-state index contributed by atoms with van der Waals surface area (Å²) in [5.41, 5.74) is 1.04. The monoisotopic (exact) mass is 371 g/mol. The van der Waals surface area contributed by atoms with Crippen LogP contribution in [0.25, 0.3) is 11.4 Å². The first-order valence-electron chi connectivity index (χ1n) is 8.68. The smallest absolute Gasteiger partial charge is 0.316 e. The largest absolute Gasteiger partial charge is 0.494 e. The third-order valence-electron chi connectivity index (χ3n) is 4.23. The molecule has 0 amide bonds. The van der Waals surface area contributed by atoms with Crippen LogP contribution in [-0.2, 0) is 17.8 Å². The molecule has 0 aliphatic carbocycles. The minimum atomic E-state index is -0.688. The first-order chi connectivity index (χ1) is 12.7. The van der Waals surface area contributed by atoms with Crippen molar-refractivity contribution in [3.8, 4) is 23.0 Å². The normalized spacial score (nSPS) is 11.7. The van der Waals surface area contributed by atoms with Crippen molar-refractivity contribution in [2.75, 3.05) is 0 Å². The highest BCUT2D eigenvalue weighted by molar-refractivity contribution is 5.83. The van der Waals surface area contributed by atoms with Crippen LogP contribution in [0.15, 0.2) is 30.6 Å². The number of hydrogen-bond donors (Lipinski definition) is 1. The fourth-order valence-electron chi connectivity index (χ4n) is 2.60. The van der Waals surface area contributed by atoms with Crippen molar-refractivity contribution in [3.63, 3.8) is 0 Å². The highest BCUT2D eigenvalue weighted by Gasteiger charge is 2.30. The molecule has 2 aliphatic rings. The molecule has 2 heterocycles. The van der Waals surface area contributed by atoms with Crippen molar-refractivity contribution < 1.29 is 19.0 Å². The summed E-state index contributed by atoms with van der Waals surface area (Å²) in [5.74, 6) is -0.229. The summed E-state index contributed by atoms with van der Waals surface area (Å²) < 4.78 is 20.1. The molecule has 3 rings (SSSR count). The molecule has 2 aliphatic heterocycles. The number of aromatic nitrogens is 3. The third-order valence-corrected chi connectivity index (χ3v) is 4.23. The van der Waals surface area contributed by atoms with Crippen LogP contribution in [0, 0.1) is 18.2 Å². The Morgan fingerprint density at radius 2 is 1.93 bits per heavy atom. The molecule has 1 N–H and O–H groups in total. The lowest BCUT2D eigenvalue weighted by atomic mass is 9.97. The maximum atomic E-state index is 13.0. The molecule has 7 heteroatoms. The van der Waals surface area contributed by atoms with E-state index in [1.54, 1.807) is 44.4 Å². The number of benzene rings is 1. The summed E-state index contributed by atoms with van der Waals surface area (Å²) in [5, 5.41) is 10.7. The van der Waals surface area contributed by atoms with Gasteiger partial charge in [0.1, 0.15) is 11.4 Å². The number of aromatic hydroxyl groups is 1. The number of carbonyl (C=O) groups is 1. The van der Waals surface area contributed by atoms with E-state index in [1.807, 2.05) is 0 Å². The second-order valence-electron chi connectivity index (χ2n) is 7.50. The highest BCUT2D eigenvalue weighted by Crippen LogP contribution is 2.41. The van der Waals surface area contributed by atoms with Crippen molar-refractivity contribution in [1.82, 2.24) is 14.5 Å². The average molecular weight is 371 g/mol. The zero-order valence-corrected chi connectivity index (χ0v) is 15.8. The van der Waals surface area contributed by atoms with E-state index < -0.39 is 11.4 Å². The van der Waals surface area contributed by atoms with E-state index in [0.29, 0.717) is 30.0 Å². The lowest BCUT2D eigenvalue weighted by Crippen LogP contribution is -2.25. The van der Waals surface area contributed by atoms with Gasteiger partial charge in [0.05, 0.1) is 17.4 Å². The number of esters is 1. The van der Waals surface area contributed by atoms with Crippen LogP contribution in [0.3, 0.4) is 0 Å². The van der Waals surface area contributed by atoms with E-state index >= 15 is 0 Å². The van der Waals surface area contributed by atoms with Gasteiger partial charge in [-0.3, -0.25) is 4.79 Å². The topological polar surface area (TPSA) is 77.2 Å². The van der Waals surface area contributed by atoms with Crippen molar-refractivity contribution in [2.24, 2.45) is 5.41 Å². The molecular weight excluding hydrogens is 349 g/mol. The highest BCUT2D eigenvalue weighted by atomic mass is 19.1. The van der Waals surface area contributed by atoms with Gasteiger partial charge in [-0.25, -0.2) is 14.4 Å². The minimum Gasteiger partial charge on any atom is -0.494 e. The molecule has 6 nitrogen and oxygen atoms in total. The molecule has 0 spiro atoms. The number of carbonyl (C=O) groups excluding carboxylic acids is 1. The maximum absolute atomic E-state index is 13.0. The van der Waals surface area contributed by atoms with Crippen molar-refractivity contribution in [2.45, 2.75) is 40.7 Å². The van der Waals surface area contributed by atoms with E-state index in [9.17, 15) is 14.3 Å². The standard InChI is InChI=1S/C20H22FN3O3/c1-12-16(27-19(26)20(2,3)4)15-17(23-12)22-11-24(18(15)25)10-9-13-5-7-14(21)8-6-13/h5-8,11,25H,9-10H2,1-4H3. The van der Waals surface area contributed by atoms with Gasteiger partial charge in [-0.1, -0.05) is 12.1 Å². The number of ether oxygens (including phenoxy) is 1. The van der Waals surface area contributed by atoms with E-state index in [4.69, 9.17) is 4.74 Å². The van der Waals surface area contributed by atoms with E-state index in [0.717, 1.165) is 5.56 Å². The molecule has 0 aromatic heterocycles. The average Bonchev–Trinajstić information content (AvgIpc) is 2.91. The van der Waals surface area contributed by atoms with Gasteiger partial charge in [0.2, 0.25) is 5.88 Å². The predicted molar refractivity (Wildman–Crippen MR) is 98.2 cm³/mol. The Kier molecular flexibility index (Phi) is 4.87. The quantitative estimate of drug-likeness (QED) is 0.707. The van der Waals surface area contributed by atoms with Gasteiger partial charge in [0, 0.05) is 6.54 Å². The number of fused-ring (bicyclic) bond motifs is 1. The van der Waals surface area contributed by atoms with Crippen molar-refractivity contribution in [1.29, 1.82) is 0 Å². The van der Waals surface area contributed by atoms with Crippen molar-refractivity contribution >= 4 is 5.97 Å². The lowest BCUT2D eigenvalue weighted by Gasteiger charge is -2.17. The molecular formula is C20H22FN3O3. The first-order valence-corrected chi connectivity index (χ1v) is 8.68. The van der Waals surface area contributed by atoms with Crippen LogP contribution < -0.4 is 4.74 Å². The summed E-state index contributed by atoms with van der Waals surface area (Å²) >= 11 is 0. The van der Waals surface area contributed by atoms with Crippen LogP contribution in [-0.4, -0.2) is 25.6 Å². The first kappa shape index (κ1) is 18.8. The Bertz CT molecular complexity index is 942. The van der Waals surface area contributed by atoms with Gasteiger partial charge in [-0.05, 0) is 51.8 Å². The molecule has 0 saturated heterocycles. The zero-order valence-electron chi connectivity index (χ0n) is 15.8. The fourth-order valence-corrected chi connectivity index (χ4v) is 2.60. The van der Waals surface area contributed by atoms with Crippen LogP contribution >= 0.6 is 0 Å². The molecule has 1 aromatic rings. The predicted octanol–water partition coefficient (Wildman–Crippen LogP) is 3.73. The minimum absolute atomic E-state index is 0.0700. The Hall–Kier alpha value is -2.96. The molecule has 142 valence electrons. The van der Waals surface area contributed by atoms with Gasteiger partial charge in [-0.15, -0.1) is 0 Å². The molecule has 27 heavy (non-hydrogen) atoms. The summed E-state index contributed by atoms with van der Waals surface area (Å²) in [7, 11) is 0. The molecule has 0 fully saturated rings. The number of rotatable bonds is 4. The Labute approximate surface area is 157 Å². The van der Waals surface area contributed by atoms with Crippen LogP contribution in [0.2, 0.25) is 0 Å². The summed E-state index contributed by atoms with van der Waals surface area (Å²) in [6.45, 7) is 7.39. The summed E-state index contributed by atoms with van der Waals surface area (Å²) in [6.07, 6.45) is 2.07. The Morgan fingerprint density at radius 1 is 1.26 bits per heavy atom. The summed E-state index contributed by atoms with van der Waals surface area (Å²) in [6, 6.07) is 6.19. The SMILES string of the molecule is Cc1nc2ncn(CCc3ccc(F)cc3)c(O)c-2c1OC(=O)C(C)(C)C. The zero-order chi connectivity index (χ0) is 19.8. The number of nitrogens with zero attached hydrogens (tertiary/aromatic N) is 3. The molecule has 0 saturated carbocycles. The molecule has 0 radical (unpaired) electrons. The number of hydrogen-bond acceptors (Lipinski definition) is 5. The third kappa shape index (κ3) is 3.92. The molecule has 1 aromatic carbocycles. The van der Waals surface area contributed by atoms with E-state index in [1.165, 1.54) is 18.5 Å². The van der Waals surface area contributed by atoms with Crippen LogP contribution in [0.1, 0.15) is 32.0 Å². The molecule has 0 bridgehead atoms. The van der Waals surface area contributed by atoms with E-state index in [-0.39, 0.29) is 17.4 Å². The maximum Gasteiger partial charge on any atom is 0.316 e. The number of halogens is 1. The van der Waals surface area contributed by atoms with Crippen molar-refractivity contribution in [3.05, 3.63) is 47.7 Å². The molecule has 0 unspecified atom stereocenters. The number of aryl methyl sites for hydroxylation is 3. The second-order valence-corrected chi connectivity index (χ2v) is 7.50. The fraction of sp³-hybridized carbons (Fsp3) is 0.350. The van der Waals surface area contributed by atoms with Gasteiger partial charge in [0.25, 0.3) is 0 Å². The van der Waals surface area contributed by atoms with Gasteiger partial charge in [0.15, 0.2) is 11.6 Å². The Morgan fingerprint density at radius 3 is 2.56 bits per heavy atom. The van der Waals surface area contributed by atoms with Crippen LogP contribution in [0.5, 0.6) is 11.6 Å². The van der Waals surface area contributed by atoms with Gasteiger partial charge in [-0.2, -0.15) is 0 Å². The lowest BCUT2D eigenvalue weighted by molar-refractivity contribution is -0.143. The van der Waals surface area contributed by atoms with Crippen LogP contribution in [0.4, 0.5) is 4.39 Å². The van der Waals surface area contributed by atoms with E-state index in [2.05, 4.69) is 9.97 Å².